The van der Waals surface area contributed by atoms with Gasteiger partial charge in [-0.25, -0.2) is 31.7 Å². The molecule has 3 aliphatic heterocycles. The molecular formula is C51H62N10O7S2. The van der Waals surface area contributed by atoms with Gasteiger partial charge >= 0.3 is 5.69 Å². The van der Waals surface area contributed by atoms with Crippen LogP contribution in [-0.2, 0) is 19.8 Å². The van der Waals surface area contributed by atoms with Crippen LogP contribution in [0.4, 0.5) is 17.2 Å². The van der Waals surface area contributed by atoms with E-state index in [-0.39, 0.29) is 29.1 Å². The van der Waals surface area contributed by atoms with Crippen LogP contribution in [0.15, 0.2) is 88.5 Å². The van der Waals surface area contributed by atoms with Crippen molar-refractivity contribution < 1.29 is 27.1 Å². The van der Waals surface area contributed by atoms with Gasteiger partial charge in [-0.15, -0.1) is 0 Å². The van der Waals surface area contributed by atoms with Gasteiger partial charge in [0.1, 0.15) is 22.0 Å². The van der Waals surface area contributed by atoms with Gasteiger partial charge < -0.3 is 25.3 Å². The number of benzene rings is 2. The Bertz CT molecular complexity index is 3010. The van der Waals surface area contributed by atoms with Crippen molar-refractivity contribution in [3.63, 3.8) is 0 Å². The molecule has 2 aromatic carbocycles. The lowest BCUT2D eigenvalue weighted by Gasteiger charge is -2.56. The lowest BCUT2D eigenvalue weighted by molar-refractivity contribution is -0.384. The summed E-state index contributed by atoms with van der Waals surface area (Å²) in [5.41, 5.74) is 4.39. The van der Waals surface area contributed by atoms with Crippen LogP contribution in [0.25, 0.3) is 11.0 Å². The third-order valence-electron chi connectivity index (χ3n) is 16.0. The molecule has 0 bridgehead atoms. The molecule has 1 amide bonds. The van der Waals surface area contributed by atoms with E-state index in [0.29, 0.717) is 60.0 Å². The predicted octanol–water partition coefficient (Wildman–Crippen LogP) is 8.28. The van der Waals surface area contributed by atoms with Crippen molar-refractivity contribution >= 4 is 53.9 Å². The quantitative estimate of drug-likeness (QED) is 0.0609. The first kappa shape index (κ1) is 46.7. The Morgan fingerprint density at radius 2 is 1.70 bits per heavy atom. The molecule has 17 nitrogen and oxygen atoms in total. The molecule has 3 saturated carbocycles. The second-order valence-corrected chi connectivity index (χ2v) is 24.8. The number of hydrogen-bond acceptors (Lipinski definition) is 14. The minimum Gasteiger partial charge on any atom is -0.455 e. The number of sulfonamides is 1. The minimum absolute atomic E-state index is 0.0360. The van der Waals surface area contributed by atoms with Gasteiger partial charge in [0.2, 0.25) is 5.82 Å². The van der Waals surface area contributed by atoms with Crippen LogP contribution < -0.4 is 25.0 Å². The third-order valence-corrected chi connectivity index (χ3v) is 19.6. The number of H-pyrrole nitrogens is 1. The third kappa shape index (κ3) is 9.86. The van der Waals surface area contributed by atoms with Gasteiger partial charge in [-0.3, -0.25) is 19.8 Å². The van der Waals surface area contributed by atoms with Crippen molar-refractivity contribution in [2.24, 2.45) is 15.7 Å². The van der Waals surface area contributed by atoms with Crippen LogP contribution in [0.1, 0.15) is 110 Å². The number of piperidine rings is 1. The zero-order chi connectivity index (χ0) is 48.0. The molecule has 0 radical (unpaired) electrons. The predicted molar refractivity (Wildman–Crippen MR) is 270 cm³/mol. The van der Waals surface area contributed by atoms with Crippen molar-refractivity contribution in [1.82, 2.24) is 29.9 Å². The normalized spacial score (nSPS) is 23.7. The monoisotopic (exact) mass is 990 g/mol. The highest BCUT2D eigenvalue weighted by atomic mass is 32.2. The van der Waals surface area contributed by atoms with Crippen LogP contribution >= 0.6 is 0 Å². The van der Waals surface area contributed by atoms with Gasteiger partial charge in [0.15, 0.2) is 0 Å². The number of carbonyl (C=O) groups excluding carboxylic acids is 1. The largest absolute Gasteiger partial charge is 0.455 e. The number of nitro groups is 1. The molecule has 5 aromatic rings. The standard InChI is InChI=1S/C51H62N10O7S2/c62-50(58-70(66,67)41-28-46(61(63)64)49(56-33-41)54-31-34-7-11-37(12-8-34)57-69(65)24-19-52-20-25-69)44-14-13-38(27-47(44)68-40-26-36-15-18-53-48(36)55-32-40)59-22-16-51(17-23-59)29-39(30-51)60-21-3-6-45(60)43-5-2-1-4-42(43)35-9-10-35/h1-2,4-5,13-15,18,26-28,32-35,37,39,45,52H,3,6-12,16-17,19-25,29-31H2,(H,53,55)(H,54,56)(H,58,62)/t34?,37?,45-/m0/s1. The van der Waals surface area contributed by atoms with Crippen LogP contribution in [-0.4, -0.2) is 106 Å². The highest BCUT2D eigenvalue weighted by molar-refractivity contribution is 7.93. The molecule has 11 rings (SSSR count). The van der Waals surface area contributed by atoms with Crippen LogP contribution in [0.3, 0.4) is 0 Å². The van der Waals surface area contributed by atoms with E-state index in [0.717, 1.165) is 80.9 Å². The Hall–Kier alpha value is -5.63. The Balaban J connectivity index is 0.755. The molecule has 6 fully saturated rings. The van der Waals surface area contributed by atoms with Gasteiger partial charge in [-0.2, -0.15) is 0 Å². The van der Waals surface area contributed by atoms with E-state index < -0.39 is 41.2 Å². The number of aromatic amines is 1. The number of ether oxygens (including phenoxy) is 1. The van der Waals surface area contributed by atoms with Gasteiger partial charge in [0, 0.05) is 95.4 Å². The summed E-state index contributed by atoms with van der Waals surface area (Å²) >= 11 is 0. The molecule has 1 spiro atoms. The first-order valence-corrected chi connectivity index (χ1v) is 28.5. The molecule has 1 atom stereocenters. The molecule has 3 aliphatic carbocycles. The maximum atomic E-state index is 14.1. The molecule has 70 heavy (non-hydrogen) atoms. The van der Waals surface area contributed by atoms with Crippen molar-refractivity contribution in [3.8, 4) is 11.5 Å². The maximum absolute atomic E-state index is 14.1. The average Bonchev–Trinajstić information content (AvgIpc) is 3.90. The number of carbonyl (C=O) groups is 1. The molecule has 4 N–H and O–H groups in total. The van der Waals surface area contributed by atoms with Gasteiger partial charge in [-0.1, -0.05) is 24.3 Å². The summed E-state index contributed by atoms with van der Waals surface area (Å²) in [7, 11) is -6.83. The second-order valence-electron chi connectivity index (χ2n) is 20.5. The molecule has 6 heterocycles. The van der Waals surface area contributed by atoms with E-state index in [9.17, 15) is 27.5 Å². The Labute approximate surface area is 409 Å². The van der Waals surface area contributed by atoms with Crippen molar-refractivity contribution in [2.75, 3.05) is 61.0 Å². The lowest BCUT2D eigenvalue weighted by Crippen LogP contribution is -2.54. The Kier molecular flexibility index (Phi) is 12.8. The van der Waals surface area contributed by atoms with Crippen molar-refractivity contribution in [1.29, 1.82) is 0 Å². The number of hydrogen-bond donors (Lipinski definition) is 4. The van der Waals surface area contributed by atoms with Crippen molar-refractivity contribution in [3.05, 3.63) is 106 Å². The number of anilines is 2. The summed E-state index contributed by atoms with van der Waals surface area (Å²) in [4.78, 5) is 41.9. The van der Waals surface area contributed by atoms with E-state index in [1.165, 1.54) is 51.3 Å². The topological polar surface area (TPSA) is 217 Å². The second kappa shape index (κ2) is 19.2. The fourth-order valence-electron chi connectivity index (χ4n) is 11.9. The summed E-state index contributed by atoms with van der Waals surface area (Å²) in [6, 6.07) is 20.0. The number of likely N-dealkylation sites (tertiary alicyclic amines) is 1. The van der Waals surface area contributed by atoms with E-state index in [2.05, 4.69) is 64.4 Å². The number of nitrogens with one attached hydrogen (secondary N) is 4. The summed E-state index contributed by atoms with van der Waals surface area (Å²) in [6.45, 7) is 4.66. The fraction of sp³-hybridized carbons (Fsp3) is 0.510. The molecule has 3 aromatic heterocycles. The molecule has 19 heteroatoms. The fourth-order valence-corrected chi connectivity index (χ4v) is 14.9. The van der Waals surface area contributed by atoms with E-state index in [1.54, 1.807) is 35.5 Å². The summed E-state index contributed by atoms with van der Waals surface area (Å²) in [5, 5.41) is 19.4. The smallest absolute Gasteiger partial charge is 0.312 e. The van der Waals surface area contributed by atoms with Gasteiger partial charge in [-0.05, 0) is 136 Å². The molecule has 6 aliphatic rings. The molecule has 370 valence electrons. The van der Waals surface area contributed by atoms with Crippen LogP contribution in [0.2, 0.25) is 0 Å². The minimum atomic E-state index is -4.64. The maximum Gasteiger partial charge on any atom is 0.312 e. The van der Waals surface area contributed by atoms with Gasteiger partial charge in [0.05, 0.1) is 28.9 Å². The van der Waals surface area contributed by atoms with Crippen LogP contribution in [0.5, 0.6) is 11.5 Å². The summed E-state index contributed by atoms with van der Waals surface area (Å²) in [5.74, 6) is 1.54. The lowest BCUT2D eigenvalue weighted by atomic mass is 9.59. The Morgan fingerprint density at radius 3 is 2.46 bits per heavy atom. The first-order chi connectivity index (χ1) is 33.9. The Morgan fingerprint density at radius 1 is 0.929 bits per heavy atom. The highest BCUT2D eigenvalue weighted by Gasteiger charge is 2.50. The number of aromatic nitrogens is 3. The van der Waals surface area contributed by atoms with Crippen LogP contribution in [0, 0.1) is 21.4 Å². The highest BCUT2D eigenvalue weighted by Crippen LogP contribution is 2.55. The van der Waals surface area contributed by atoms with E-state index in [1.807, 2.05) is 12.1 Å². The SMILES string of the molecule is O=C(NS(=O)(=O)c1cnc(NCC2CCC(N=S3(=O)CCNCC3)CC2)c([N+](=O)[O-])c1)c1ccc(N2CCC3(CC2)CC(N2CCC[C@H]2c2ccccc2C2CC2)C3)cc1Oc1cnc2[nH]ccc2c1. The summed E-state index contributed by atoms with van der Waals surface area (Å²) in [6.07, 6.45) is 17.1. The molecular weight excluding hydrogens is 929 g/mol. The van der Waals surface area contributed by atoms with Gasteiger partial charge in [0.25, 0.3) is 15.9 Å². The van der Waals surface area contributed by atoms with Crippen molar-refractivity contribution in [2.45, 2.75) is 106 Å². The average molecular weight is 991 g/mol. The van der Waals surface area contributed by atoms with E-state index >= 15 is 0 Å². The number of pyridine rings is 2. The number of fused-ring (bicyclic) bond motifs is 1. The number of nitrogens with zero attached hydrogens (tertiary/aromatic N) is 6. The zero-order valence-corrected chi connectivity index (χ0v) is 41.0. The number of amides is 1. The molecule has 3 saturated heterocycles. The number of rotatable bonds is 14. The summed E-state index contributed by atoms with van der Waals surface area (Å²) < 4.78 is 54.0. The van der Waals surface area contributed by atoms with E-state index in [4.69, 9.17) is 9.10 Å². The zero-order valence-electron chi connectivity index (χ0n) is 39.4. The molecule has 0 unspecified atom stereocenters. The first-order valence-electron chi connectivity index (χ1n) is 25.1.